The second kappa shape index (κ2) is 8.10. The van der Waals surface area contributed by atoms with E-state index < -0.39 is 0 Å². The molecule has 0 aliphatic carbocycles. The van der Waals surface area contributed by atoms with Gasteiger partial charge in [0.25, 0.3) is 5.91 Å². The molecule has 3 aromatic heterocycles. The van der Waals surface area contributed by atoms with Gasteiger partial charge in [0, 0.05) is 35.9 Å². The zero-order valence-electron chi connectivity index (χ0n) is 14.9. The van der Waals surface area contributed by atoms with Crippen LogP contribution in [0.2, 0.25) is 5.02 Å². The van der Waals surface area contributed by atoms with Gasteiger partial charge >= 0.3 is 0 Å². The fraction of sp³-hybridized carbons (Fsp3) is 0.0952. The van der Waals surface area contributed by atoms with Crippen LogP contribution in [-0.2, 0) is 6.42 Å². The van der Waals surface area contributed by atoms with Crippen molar-refractivity contribution in [2.75, 3.05) is 6.54 Å². The molecule has 6 nitrogen and oxygen atoms in total. The first-order valence-electron chi connectivity index (χ1n) is 8.79. The van der Waals surface area contributed by atoms with Crippen molar-refractivity contribution in [3.63, 3.8) is 0 Å². The van der Waals surface area contributed by atoms with Gasteiger partial charge in [0.15, 0.2) is 11.5 Å². The number of hydrogen-bond donors (Lipinski definition) is 1. The van der Waals surface area contributed by atoms with Gasteiger partial charge in [-0.3, -0.25) is 9.78 Å². The van der Waals surface area contributed by atoms with Crippen LogP contribution in [0.4, 0.5) is 0 Å². The summed E-state index contributed by atoms with van der Waals surface area (Å²) in [5.74, 6) is 0.367. The number of benzene rings is 1. The van der Waals surface area contributed by atoms with E-state index in [1.807, 2.05) is 36.4 Å². The molecule has 1 aromatic carbocycles. The third-order valence-corrected chi connectivity index (χ3v) is 4.43. The molecule has 7 heteroatoms. The van der Waals surface area contributed by atoms with E-state index in [0.717, 1.165) is 11.4 Å². The Balaban J connectivity index is 1.56. The van der Waals surface area contributed by atoms with Gasteiger partial charge in [-0.15, -0.1) is 0 Å². The number of amides is 1. The van der Waals surface area contributed by atoms with Crippen LogP contribution in [0.15, 0.2) is 77.5 Å². The van der Waals surface area contributed by atoms with Crippen molar-refractivity contribution in [3.8, 4) is 17.1 Å². The van der Waals surface area contributed by atoms with Crippen molar-refractivity contribution in [3.05, 3.63) is 89.5 Å². The molecular weight excluding hydrogens is 376 g/mol. The summed E-state index contributed by atoms with van der Waals surface area (Å²) in [6.45, 7) is 0.472. The van der Waals surface area contributed by atoms with Crippen LogP contribution in [0.25, 0.3) is 17.1 Å². The Kier molecular flexibility index (Phi) is 5.21. The van der Waals surface area contributed by atoms with E-state index in [-0.39, 0.29) is 5.91 Å². The largest absolute Gasteiger partial charge is 0.463 e. The Hall–Kier alpha value is -3.38. The monoisotopic (exact) mass is 392 g/mol. The Morgan fingerprint density at radius 1 is 1.11 bits per heavy atom. The summed E-state index contributed by atoms with van der Waals surface area (Å²) < 4.78 is 7.18. The molecular formula is C21H17ClN4O2. The maximum atomic E-state index is 12.6. The molecule has 0 bridgehead atoms. The van der Waals surface area contributed by atoms with Crippen molar-refractivity contribution in [2.24, 2.45) is 0 Å². The first-order chi connectivity index (χ1) is 13.7. The number of carbonyl (C=O) groups is 1. The minimum atomic E-state index is -0.253. The van der Waals surface area contributed by atoms with Crippen LogP contribution in [0.3, 0.4) is 0 Å². The van der Waals surface area contributed by atoms with Gasteiger partial charge in [-0.05, 0) is 48.5 Å². The summed E-state index contributed by atoms with van der Waals surface area (Å²) in [5.41, 5.74) is 2.69. The highest BCUT2D eigenvalue weighted by Crippen LogP contribution is 2.25. The molecule has 0 atom stereocenters. The SMILES string of the molecule is O=C(NCCc1ccccn1)c1cc(-c2ccco2)n(-c2ccc(Cl)cc2)n1. The van der Waals surface area contributed by atoms with Crippen molar-refractivity contribution in [1.82, 2.24) is 20.1 Å². The third kappa shape index (κ3) is 3.97. The maximum absolute atomic E-state index is 12.6. The number of rotatable bonds is 6. The first kappa shape index (κ1) is 18.0. The molecule has 0 saturated heterocycles. The predicted octanol–water partition coefficient (Wildman–Crippen LogP) is 4.15. The van der Waals surface area contributed by atoms with Gasteiger partial charge in [-0.25, -0.2) is 4.68 Å². The fourth-order valence-corrected chi connectivity index (χ4v) is 2.94. The maximum Gasteiger partial charge on any atom is 0.271 e. The molecule has 28 heavy (non-hydrogen) atoms. The Bertz CT molecular complexity index is 1060. The van der Waals surface area contributed by atoms with E-state index in [1.165, 1.54) is 0 Å². The van der Waals surface area contributed by atoms with Gasteiger partial charge in [0.2, 0.25) is 0 Å². The van der Waals surface area contributed by atoms with E-state index >= 15 is 0 Å². The molecule has 4 rings (SSSR count). The summed E-state index contributed by atoms with van der Waals surface area (Å²) in [5, 5.41) is 7.99. The second-order valence-electron chi connectivity index (χ2n) is 6.11. The summed E-state index contributed by atoms with van der Waals surface area (Å²) >= 11 is 5.98. The molecule has 0 saturated carbocycles. The van der Waals surface area contributed by atoms with Gasteiger partial charge in [0.05, 0.1) is 12.0 Å². The zero-order valence-corrected chi connectivity index (χ0v) is 15.6. The Morgan fingerprint density at radius 3 is 2.68 bits per heavy atom. The van der Waals surface area contributed by atoms with Crippen LogP contribution >= 0.6 is 11.6 Å². The normalized spacial score (nSPS) is 10.8. The van der Waals surface area contributed by atoms with Crippen molar-refractivity contribution in [1.29, 1.82) is 0 Å². The van der Waals surface area contributed by atoms with E-state index in [4.69, 9.17) is 16.0 Å². The van der Waals surface area contributed by atoms with Crippen molar-refractivity contribution >= 4 is 17.5 Å². The molecule has 0 unspecified atom stereocenters. The number of furan rings is 1. The lowest BCUT2D eigenvalue weighted by molar-refractivity contribution is 0.0948. The Morgan fingerprint density at radius 2 is 1.96 bits per heavy atom. The standard InChI is InChI=1S/C21H17ClN4O2/c22-15-6-8-17(9-7-15)26-19(20-5-3-13-28-20)14-18(25-26)21(27)24-12-10-16-4-1-2-11-23-16/h1-9,11,13-14H,10,12H2,(H,24,27). The molecule has 3 heterocycles. The molecule has 0 radical (unpaired) electrons. The van der Waals surface area contributed by atoms with Crippen molar-refractivity contribution in [2.45, 2.75) is 6.42 Å². The topological polar surface area (TPSA) is 73.0 Å². The van der Waals surface area contributed by atoms with Crippen LogP contribution in [0, 0.1) is 0 Å². The highest BCUT2D eigenvalue weighted by Gasteiger charge is 2.18. The van der Waals surface area contributed by atoms with Crippen LogP contribution in [0.5, 0.6) is 0 Å². The van der Waals surface area contributed by atoms with Gasteiger partial charge in [-0.2, -0.15) is 5.10 Å². The minimum absolute atomic E-state index is 0.253. The lowest BCUT2D eigenvalue weighted by atomic mass is 10.2. The lowest BCUT2D eigenvalue weighted by Crippen LogP contribution is -2.26. The third-order valence-electron chi connectivity index (χ3n) is 4.18. The zero-order chi connectivity index (χ0) is 19.3. The lowest BCUT2D eigenvalue weighted by Gasteiger charge is -2.05. The number of aromatic nitrogens is 3. The fourth-order valence-electron chi connectivity index (χ4n) is 2.81. The highest BCUT2D eigenvalue weighted by molar-refractivity contribution is 6.30. The Labute approximate surface area is 166 Å². The summed E-state index contributed by atoms with van der Waals surface area (Å²) in [6, 6.07) is 18.3. The molecule has 140 valence electrons. The molecule has 0 aliphatic heterocycles. The molecule has 1 amide bonds. The van der Waals surface area contributed by atoms with Gasteiger partial charge < -0.3 is 9.73 Å². The first-order valence-corrected chi connectivity index (χ1v) is 9.16. The van der Waals surface area contributed by atoms with E-state index in [9.17, 15) is 4.79 Å². The smallest absolute Gasteiger partial charge is 0.271 e. The molecule has 0 aliphatic rings. The number of carbonyl (C=O) groups excluding carboxylic acids is 1. The number of hydrogen-bond acceptors (Lipinski definition) is 4. The van der Waals surface area contributed by atoms with Crippen LogP contribution in [0.1, 0.15) is 16.2 Å². The van der Waals surface area contributed by atoms with Crippen LogP contribution < -0.4 is 5.32 Å². The van der Waals surface area contributed by atoms with Gasteiger partial charge in [-0.1, -0.05) is 17.7 Å². The van der Waals surface area contributed by atoms with Gasteiger partial charge in [0.1, 0.15) is 5.69 Å². The van der Waals surface area contributed by atoms with E-state index in [1.54, 1.807) is 41.4 Å². The number of nitrogens with zero attached hydrogens (tertiary/aromatic N) is 3. The molecule has 0 fully saturated rings. The summed E-state index contributed by atoms with van der Waals surface area (Å²) in [6.07, 6.45) is 3.97. The number of nitrogens with one attached hydrogen (secondary N) is 1. The average molecular weight is 393 g/mol. The number of pyridine rings is 1. The average Bonchev–Trinajstić information content (AvgIpc) is 3.39. The van der Waals surface area contributed by atoms with E-state index in [0.29, 0.717) is 35.1 Å². The summed E-state index contributed by atoms with van der Waals surface area (Å²) in [4.78, 5) is 16.8. The minimum Gasteiger partial charge on any atom is -0.463 e. The predicted molar refractivity (Wildman–Crippen MR) is 107 cm³/mol. The number of halogens is 1. The molecule has 1 N–H and O–H groups in total. The summed E-state index contributed by atoms with van der Waals surface area (Å²) in [7, 11) is 0. The van der Waals surface area contributed by atoms with Crippen LogP contribution in [-0.4, -0.2) is 27.2 Å². The second-order valence-corrected chi connectivity index (χ2v) is 6.54. The molecule has 0 spiro atoms. The highest BCUT2D eigenvalue weighted by atomic mass is 35.5. The quantitative estimate of drug-likeness (QED) is 0.535. The van der Waals surface area contributed by atoms with E-state index in [2.05, 4.69) is 15.4 Å². The molecule has 4 aromatic rings. The van der Waals surface area contributed by atoms with Crippen molar-refractivity contribution < 1.29 is 9.21 Å².